The van der Waals surface area contributed by atoms with E-state index in [1.807, 2.05) is 19.0 Å². The molecule has 0 aromatic carbocycles. The van der Waals surface area contributed by atoms with Gasteiger partial charge >= 0.3 is 0 Å². The SMILES string of the molecule is CN(C)CCCn1ccc2cc(S(N)(=O)=O)sc2c1=O.Cl. The molecule has 0 radical (unpaired) electrons. The Labute approximate surface area is 133 Å². The van der Waals surface area contributed by atoms with Gasteiger partial charge in [-0.05, 0) is 39.2 Å². The molecule has 0 atom stereocenters. The fourth-order valence-electron chi connectivity index (χ4n) is 1.91. The third-order valence-corrected chi connectivity index (χ3v) is 5.47. The zero-order chi connectivity index (χ0) is 14.9. The van der Waals surface area contributed by atoms with Crippen molar-refractivity contribution in [3.63, 3.8) is 0 Å². The highest BCUT2D eigenvalue weighted by Gasteiger charge is 2.14. The van der Waals surface area contributed by atoms with Gasteiger partial charge in [0.1, 0.15) is 8.91 Å². The molecule has 2 heterocycles. The van der Waals surface area contributed by atoms with E-state index in [2.05, 4.69) is 0 Å². The van der Waals surface area contributed by atoms with Crippen molar-refractivity contribution in [3.05, 3.63) is 28.7 Å². The van der Waals surface area contributed by atoms with E-state index in [1.54, 1.807) is 16.8 Å². The Morgan fingerprint density at radius 2 is 2.05 bits per heavy atom. The molecular formula is C12H18ClN3O3S2. The summed E-state index contributed by atoms with van der Waals surface area (Å²) < 4.78 is 24.7. The molecule has 0 unspecified atom stereocenters. The second kappa shape index (κ2) is 6.89. The van der Waals surface area contributed by atoms with Gasteiger partial charge in [0.25, 0.3) is 5.56 Å². The average Bonchev–Trinajstić information content (AvgIpc) is 2.76. The highest BCUT2D eigenvalue weighted by Crippen LogP contribution is 2.25. The second-order valence-corrected chi connectivity index (χ2v) is 7.71. The Kier molecular flexibility index (Phi) is 5.94. The maximum atomic E-state index is 12.3. The van der Waals surface area contributed by atoms with E-state index < -0.39 is 10.0 Å². The highest BCUT2D eigenvalue weighted by molar-refractivity contribution is 7.91. The monoisotopic (exact) mass is 351 g/mol. The summed E-state index contributed by atoms with van der Waals surface area (Å²) in [5.41, 5.74) is -0.166. The van der Waals surface area contributed by atoms with Crippen molar-refractivity contribution in [2.75, 3.05) is 20.6 Å². The molecule has 118 valence electrons. The van der Waals surface area contributed by atoms with E-state index in [0.717, 1.165) is 24.3 Å². The molecule has 2 N–H and O–H groups in total. The maximum Gasteiger partial charge on any atom is 0.268 e. The Morgan fingerprint density at radius 1 is 1.38 bits per heavy atom. The van der Waals surface area contributed by atoms with Crippen LogP contribution in [0.5, 0.6) is 0 Å². The third-order valence-electron chi connectivity index (χ3n) is 2.91. The first kappa shape index (κ1) is 18.1. The zero-order valence-corrected chi connectivity index (χ0v) is 14.2. The van der Waals surface area contributed by atoms with Gasteiger partial charge in [0.15, 0.2) is 0 Å². The van der Waals surface area contributed by atoms with Crippen LogP contribution in [0.1, 0.15) is 6.42 Å². The summed E-state index contributed by atoms with van der Waals surface area (Å²) in [4.78, 5) is 14.3. The lowest BCUT2D eigenvalue weighted by molar-refractivity contribution is 0.385. The number of fused-ring (bicyclic) bond motifs is 1. The number of primary sulfonamides is 1. The summed E-state index contributed by atoms with van der Waals surface area (Å²) in [6.45, 7) is 1.49. The van der Waals surface area contributed by atoms with E-state index >= 15 is 0 Å². The van der Waals surface area contributed by atoms with Crippen LogP contribution in [0.2, 0.25) is 0 Å². The molecule has 2 rings (SSSR count). The molecule has 0 saturated carbocycles. The van der Waals surface area contributed by atoms with Crippen LogP contribution in [0.4, 0.5) is 0 Å². The van der Waals surface area contributed by atoms with Crippen LogP contribution in [0, 0.1) is 0 Å². The molecule has 0 bridgehead atoms. The van der Waals surface area contributed by atoms with Gasteiger partial charge in [-0.15, -0.1) is 23.7 Å². The summed E-state index contributed by atoms with van der Waals surface area (Å²) >= 11 is 0.928. The summed E-state index contributed by atoms with van der Waals surface area (Å²) in [6, 6.07) is 3.19. The average molecular weight is 352 g/mol. The molecule has 0 amide bonds. The van der Waals surface area contributed by atoms with E-state index in [9.17, 15) is 13.2 Å². The lowest BCUT2D eigenvalue weighted by atomic mass is 10.3. The first-order chi connectivity index (χ1) is 9.29. The number of pyridine rings is 1. The van der Waals surface area contributed by atoms with Gasteiger partial charge in [0.2, 0.25) is 10.0 Å². The minimum absolute atomic E-state index is 0. The van der Waals surface area contributed by atoms with Crippen LogP contribution >= 0.6 is 23.7 Å². The number of rotatable bonds is 5. The van der Waals surface area contributed by atoms with Crippen molar-refractivity contribution < 1.29 is 8.42 Å². The number of aromatic nitrogens is 1. The fourth-order valence-corrected chi connectivity index (χ4v) is 3.76. The number of halogens is 1. The lowest BCUT2D eigenvalue weighted by Gasteiger charge is -2.10. The predicted molar refractivity (Wildman–Crippen MR) is 87.9 cm³/mol. The normalized spacial score (nSPS) is 11.8. The number of nitrogens with two attached hydrogens (primary N) is 1. The molecule has 0 aliphatic rings. The summed E-state index contributed by atoms with van der Waals surface area (Å²) in [5, 5.41) is 5.71. The topological polar surface area (TPSA) is 85.4 Å². The molecule has 2 aromatic rings. The second-order valence-electron chi connectivity index (χ2n) is 4.87. The van der Waals surface area contributed by atoms with E-state index in [0.29, 0.717) is 16.6 Å². The molecule has 21 heavy (non-hydrogen) atoms. The maximum absolute atomic E-state index is 12.3. The van der Waals surface area contributed by atoms with Gasteiger partial charge in [0.05, 0.1) is 0 Å². The quantitative estimate of drug-likeness (QED) is 0.873. The van der Waals surface area contributed by atoms with Gasteiger partial charge in [-0.2, -0.15) is 0 Å². The Balaban J connectivity index is 0.00000220. The van der Waals surface area contributed by atoms with Crippen molar-refractivity contribution in [1.29, 1.82) is 0 Å². The summed E-state index contributed by atoms with van der Waals surface area (Å²) in [6.07, 6.45) is 2.55. The van der Waals surface area contributed by atoms with E-state index in [1.165, 1.54) is 6.07 Å². The standard InChI is InChI=1S/C12H17N3O3S2.ClH/c1-14(2)5-3-6-15-7-4-9-8-10(20(13,17)18)19-11(9)12(15)16;/h4,7-8H,3,5-6H2,1-2H3,(H2,13,17,18);1H. The van der Waals surface area contributed by atoms with Crippen LogP contribution in [-0.4, -0.2) is 38.5 Å². The first-order valence-electron chi connectivity index (χ1n) is 6.09. The van der Waals surface area contributed by atoms with Gasteiger partial charge in [-0.1, -0.05) is 0 Å². The van der Waals surface area contributed by atoms with Gasteiger partial charge in [0, 0.05) is 18.1 Å². The van der Waals surface area contributed by atoms with Gasteiger partial charge in [-0.3, -0.25) is 4.79 Å². The number of hydrogen-bond donors (Lipinski definition) is 1. The minimum atomic E-state index is -3.76. The van der Waals surface area contributed by atoms with Crippen LogP contribution in [0.25, 0.3) is 10.1 Å². The van der Waals surface area contributed by atoms with Crippen molar-refractivity contribution in [1.82, 2.24) is 9.47 Å². The Morgan fingerprint density at radius 3 is 2.62 bits per heavy atom. The van der Waals surface area contributed by atoms with Crippen molar-refractivity contribution in [2.45, 2.75) is 17.2 Å². The van der Waals surface area contributed by atoms with Crippen LogP contribution in [0.3, 0.4) is 0 Å². The third kappa shape index (κ3) is 4.27. The summed E-state index contributed by atoms with van der Waals surface area (Å²) in [7, 11) is 0.193. The van der Waals surface area contributed by atoms with Gasteiger partial charge in [-0.25, -0.2) is 13.6 Å². The summed E-state index contributed by atoms with van der Waals surface area (Å²) in [5.74, 6) is 0. The highest BCUT2D eigenvalue weighted by atomic mass is 35.5. The van der Waals surface area contributed by atoms with E-state index in [4.69, 9.17) is 5.14 Å². The smallest absolute Gasteiger partial charge is 0.268 e. The lowest BCUT2D eigenvalue weighted by Crippen LogP contribution is -2.21. The van der Waals surface area contributed by atoms with Crippen LogP contribution in [0.15, 0.2) is 27.3 Å². The molecule has 0 saturated heterocycles. The largest absolute Gasteiger partial charge is 0.314 e. The number of nitrogens with zero attached hydrogens (tertiary/aromatic N) is 2. The molecule has 0 fully saturated rings. The predicted octanol–water partition coefficient (Wildman–Crippen LogP) is 1.08. The number of sulfonamides is 1. The van der Waals surface area contributed by atoms with Crippen molar-refractivity contribution >= 4 is 43.9 Å². The molecule has 0 aliphatic heterocycles. The molecule has 2 aromatic heterocycles. The number of hydrogen-bond acceptors (Lipinski definition) is 5. The van der Waals surface area contributed by atoms with Crippen LogP contribution < -0.4 is 10.7 Å². The van der Waals surface area contributed by atoms with Gasteiger partial charge < -0.3 is 9.47 Å². The molecule has 9 heteroatoms. The Hall–Kier alpha value is -0.930. The Bertz CT molecular complexity index is 781. The molecule has 6 nitrogen and oxygen atoms in total. The first-order valence-corrected chi connectivity index (χ1v) is 8.46. The minimum Gasteiger partial charge on any atom is -0.314 e. The van der Waals surface area contributed by atoms with Crippen LogP contribution in [-0.2, 0) is 16.6 Å². The van der Waals surface area contributed by atoms with Crippen molar-refractivity contribution in [3.8, 4) is 0 Å². The van der Waals surface area contributed by atoms with E-state index in [-0.39, 0.29) is 22.2 Å². The molecule has 0 aliphatic carbocycles. The molecule has 0 spiro atoms. The fraction of sp³-hybridized carbons (Fsp3) is 0.417. The zero-order valence-electron chi connectivity index (χ0n) is 11.8. The molecular weight excluding hydrogens is 334 g/mol. The number of thiophene rings is 1. The number of aryl methyl sites for hydroxylation is 1. The van der Waals surface area contributed by atoms with Crippen molar-refractivity contribution in [2.24, 2.45) is 5.14 Å².